The smallest absolute Gasteiger partial charge is 0.0923 e. The lowest BCUT2D eigenvalue weighted by atomic mass is 9.79. The lowest BCUT2D eigenvalue weighted by molar-refractivity contribution is -0.162. The second kappa shape index (κ2) is 3.69. The van der Waals surface area contributed by atoms with Gasteiger partial charge < -0.3 is 9.84 Å². The summed E-state index contributed by atoms with van der Waals surface area (Å²) in [5, 5.41) is 10.3. The normalized spacial score (nSPS) is 34.9. The topological polar surface area (TPSA) is 32.7 Å². The van der Waals surface area contributed by atoms with Gasteiger partial charge in [-0.25, -0.2) is 0 Å². The van der Waals surface area contributed by atoms with Gasteiger partial charge >= 0.3 is 0 Å². The highest BCUT2D eigenvalue weighted by Crippen LogP contribution is 2.43. The maximum absolute atomic E-state index is 10.3. The minimum Gasteiger partial charge on any atom is -0.387 e. The molecule has 2 heterocycles. The molecule has 0 amide bonds. The highest BCUT2D eigenvalue weighted by Gasteiger charge is 2.55. The van der Waals surface area contributed by atoms with Crippen LogP contribution in [0.5, 0.6) is 0 Å². The molecule has 1 atom stereocenters. The van der Waals surface area contributed by atoms with Gasteiger partial charge in [0.15, 0.2) is 0 Å². The van der Waals surface area contributed by atoms with Crippen LogP contribution < -0.4 is 0 Å². The van der Waals surface area contributed by atoms with Crippen LogP contribution >= 0.6 is 0 Å². The molecule has 2 aliphatic heterocycles. The van der Waals surface area contributed by atoms with E-state index in [-0.39, 0.29) is 11.2 Å². The van der Waals surface area contributed by atoms with Gasteiger partial charge in [0, 0.05) is 19.1 Å². The zero-order chi connectivity index (χ0) is 13.1. The Kier molecular flexibility index (Phi) is 2.89. The molecule has 0 aromatic carbocycles. The summed E-state index contributed by atoms with van der Waals surface area (Å²) in [5.41, 5.74) is -0.635. The van der Waals surface area contributed by atoms with Gasteiger partial charge in [-0.2, -0.15) is 0 Å². The van der Waals surface area contributed by atoms with Crippen molar-refractivity contribution < 1.29 is 9.84 Å². The minimum atomic E-state index is -0.483. The second-order valence-electron chi connectivity index (χ2n) is 7.35. The Bertz CT molecular complexity index is 303. The third-order valence-electron chi connectivity index (χ3n) is 4.50. The van der Waals surface area contributed by atoms with Crippen molar-refractivity contribution in [3.05, 3.63) is 0 Å². The Labute approximate surface area is 105 Å². The van der Waals surface area contributed by atoms with Gasteiger partial charge in [0.25, 0.3) is 0 Å². The standard InChI is InChI=1S/C14H27NO2/c1-10(2)14(16)8-15(9-14)11-7-12(3,4)17-13(11,5)6/h10-11,16H,7-9H2,1-6H3. The molecule has 100 valence electrons. The average molecular weight is 241 g/mol. The molecule has 2 fully saturated rings. The predicted octanol–water partition coefficient (Wildman–Crippen LogP) is 2.04. The van der Waals surface area contributed by atoms with Crippen molar-refractivity contribution in [1.29, 1.82) is 0 Å². The fraction of sp³-hybridized carbons (Fsp3) is 1.00. The van der Waals surface area contributed by atoms with Crippen LogP contribution in [0.25, 0.3) is 0 Å². The van der Waals surface area contributed by atoms with Gasteiger partial charge in [-0.1, -0.05) is 13.8 Å². The van der Waals surface area contributed by atoms with Gasteiger partial charge in [-0.15, -0.1) is 0 Å². The fourth-order valence-corrected chi connectivity index (χ4v) is 3.34. The SMILES string of the molecule is CC(C)C1(O)CN(C2CC(C)(C)OC2(C)C)C1. The summed E-state index contributed by atoms with van der Waals surface area (Å²) < 4.78 is 6.11. The summed E-state index contributed by atoms with van der Waals surface area (Å²) >= 11 is 0. The molecule has 0 radical (unpaired) electrons. The molecule has 0 aromatic heterocycles. The van der Waals surface area contributed by atoms with E-state index in [4.69, 9.17) is 4.74 Å². The molecule has 3 heteroatoms. The Balaban J connectivity index is 2.02. The molecule has 0 aliphatic carbocycles. The molecule has 0 aromatic rings. The number of β-amino-alcohol motifs (C(OH)–C–C–N with tert-alkyl or cyclic N) is 1. The molecule has 2 saturated heterocycles. The third-order valence-corrected chi connectivity index (χ3v) is 4.50. The first-order valence-electron chi connectivity index (χ1n) is 6.72. The molecule has 0 saturated carbocycles. The molecule has 2 rings (SSSR count). The fourth-order valence-electron chi connectivity index (χ4n) is 3.34. The summed E-state index contributed by atoms with van der Waals surface area (Å²) in [5.74, 6) is 0.331. The summed E-state index contributed by atoms with van der Waals surface area (Å²) in [6.45, 7) is 14.4. The summed E-state index contributed by atoms with van der Waals surface area (Å²) in [4.78, 5) is 2.38. The Morgan fingerprint density at radius 2 is 1.71 bits per heavy atom. The number of aliphatic hydroxyl groups is 1. The Morgan fingerprint density at radius 3 is 2.06 bits per heavy atom. The van der Waals surface area contributed by atoms with Crippen LogP contribution in [0.4, 0.5) is 0 Å². The number of nitrogens with zero attached hydrogens (tertiary/aromatic N) is 1. The molecule has 1 unspecified atom stereocenters. The largest absolute Gasteiger partial charge is 0.387 e. The first-order valence-corrected chi connectivity index (χ1v) is 6.72. The van der Waals surface area contributed by atoms with Crippen LogP contribution in [0, 0.1) is 5.92 Å². The summed E-state index contributed by atoms with van der Waals surface area (Å²) in [6, 6.07) is 0.427. The molecular weight excluding hydrogens is 214 g/mol. The number of hydrogen-bond donors (Lipinski definition) is 1. The predicted molar refractivity (Wildman–Crippen MR) is 69.0 cm³/mol. The van der Waals surface area contributed by atoms with Crippen LogP contribution in [0.3, 0.4) is 0 Å². The van der Waals surface area contributed by atoms with E-state index >= 15 is 0 Å². The second-order valence-corrected chi connectivity index (χ2v) is 7.35. The quantitative estimate of drug-likeness (QED) is 0.803. The lowest BCUT2D eigenvalue weighted by Gasteiger charge is -2.53. The van der Waals surface area contributed by atoms with E-state index in [1.807, 2.05) is 0 Å². The zero-order valence-electron chi connectivity index (χ0n) is 12.1. The monoisotopic (exact) mass is 241 g/mol. The molecule has 0 spiro atoms. The van der Waals surface area contributed by atoms with Gasteiger partial charge in [0.1, 0.15) is 0 Å². The summed E-state index contributed by atoms with van der Waals surface area (Å²) in [7, 11) is 0. The molecule has 0 bridgehead atoms. The number of hydrogen-bond acceptors (Lipinski definition) is 3. The third kappa shape index (κ3) is 2.25. The van der Waals surface area contributed by atoms with Crippen molar-refractivity contribution in [2.75, 3.05) is 13.1 Å². The Morgan fingerprint density at radius 1 is 1.18 bits per heavy atom. The van der Waals surface area contributed by atoms with Crippen molar-refractivity contribution in [2.45, 2.75) is 70.8 Å². The van der Waals surface area contributed by atoms with E-state index in [0.717, 1.165) is 19.5 Å². The Hall–Kier alpha value is -0.120. The molecule has 17 heavy (non-hydrogen) atoms. The van der Waals surface area contributed by atoms with Crippen molar-refractivity contribution in [2.24, 2.45) is 5.92 Å². The van der Waals surface area contributed by atoms with Crippen LogP contribution in [0.2, 0.25) is 0 Å². The van der Waals surface area contributed by atoms with Crippen molar-refractivity contribution in [1.82, 2.24) is 4.90 Å². The maximum Gasteiger partial charge on any atom is 0.0923 e. The first-order chi connectivity index (χ1) is 7.56. The minimum absolute atomic E-state index is 0.0420. The molecule has 1 N–H and O–H groups in total. The van der Waals surface area contributed by atoms with Gasteiger partial charge in [0.2, 0.25) is 0 Å². The van der Waals surface area contributed by atoms with Crippen LogP contribution in [0.15, 0.2) is 0 Å². The van der Waals surface area contributed by atoms with E-state index < -0.39 is 5.60 Å². The van der Waals surface area contributed by atoms with E-state index in [2.05, 4.69) is 46.4 Å². The first kappa shape index (κ1) is 13.3. The summed E-state index contributed by atoms with van der Waals surface area (Å²) in [6.07, 6.45) is 1.05. The number of rotatable bonds is 2. The van der Waals surface area contributed by atoms with E-state index in [9.17, 15) is 5.11 Å². The number of likely N-dealkylation sites (tertiary alicyclic amines) is 1. The van der Waals surface area contributed by atoms with Crippen molar-refractivity contribution in [3.8, 4) is 0 Å². The van der Waals surface area contributed by atoms with Crippen molar-refractivity contribution in [3.63, 3.8) is 0 Å². The average Bonchev–Trinajstić information content (AvgIpc) is 2.28. The van der Waals surface area contributed by atoms with E-state index in [0.29, 0.717) is 12.0 Å². The van der Waals surface area contributed by atoms with Gasteiger partial charge in [-0.05, 0) is 40.0 Å². The van der Waals surface area contributed by atoms with Gasteiger partial charge in [-0.3, -0.25) is 4.90 Å². The lowest BCUT2D eigenvalue weighted by Crippen LogP contribution is -2.69. The molecular formula is C14H27NO2. The van der Waals surface area contributed by atoms with E-state index in [1.54, 1.807) is 0 Å². The van der Waals surface area contributed by atoms with Crippen LogP contribution in [-0.2, 0) is 4.74 Å². The van der Waals surface area contributed by atoms with E-state index in [1.165, 1.54) is 0 Å². The highest BCUT2D eigenvalue weighted by molar-refractivity contribution is 5.07. The van der Waals surface area contributed by atoms with Gasteiger partial charge in [0.05, 0.1) is 16.8 Å². The molecule has 3 nitrogen and oxygen atoms in total. The van der Waals surface area contributed by atoms with Crippen LogP contribution in [-0.4, -0.2) is 45.9 Å². The zero-order valence-corrected chi connectivity index (χ0v) is 12.1. The van der Waals surface area contributed by atoms with Crippen LogP contribution in [0.1, 0.15) is 48.0 Å². The highest BCUT2D eigenvalue weighted by atomic mass is 16.5. The maximum atomic E-state index is 10.3. The number of ether oxygens (including phenoxy) is 1. The van der Waals surface area contributed by atoms with Crippen molar-refractivity contribution >= 4 is 0 Å². The molecule has 2 aliphatic rings.